The van der Waals surface area contributed by atoms with Gasteiger partial charge in [0.05, 0.1) is 18.8 Å². The second-order valence-electron chi connectivity index (χ2n) is 17.1. The predicted molar refractivity (Wildman–Crippen MR) is 253 cm³/mol. The summed E-state index contributed by atoms with van der Waals surface area (Å²) in [6, 6.07) is 0. The van der Waals surface area contributed by atoms with Crippen LogP contribution in [0.3, 0.4) is 0 Å². The SMILES string of the molecule is CC/C=C\C/C=C\C/C=C\C/C=C\C[C@@H](O)[C@H](O)CCCC(=O)O[C@H](COC(=O)CCCCCCCCCCCCCCCCC)COP(=O)(O)O[C@H]1C(O)C(O)C(O)[C@@H](OP(=O)(O)O)C1O. The number of aliphatic hydroxyl groups excluding tert-OH is 6. The fraction of sp³-hybridized carbons (Fsp3) is 0.787. The molecule has 9 N–H and O–H groups in total. The van der Waals surface area contributed by atoms with Gasteiger partial charge in [-0.05, 0) is 51.4 Å². The van der Waals surface area contributed by atoms with Crippen molar-refractivity contribution in [1.82, 2.24) is 0 Å². The molecule has 18 nitrogen and oxygen atoms in total. The fourth-order valence-electron chi connectivity index (χ4n) is 7.23. The van der Waals surface area contributed by atoms with Crippen molar-refractivity contribution < 1.29 is 87.1 Å². The molecule has 5 unspecified atom stereocenters. The molecule has 0 aromatic rings. The van der Waals surface area contributed by atoms with Crippen molar-refractivity contribution >= 4 is 27.6 Å². The summed E-state index contributed by atoms with van der Waals surface area (Å²) in [5.41, 5.74) is 0. The third-order valence-corrected chi connectivity index (χ3v) is 12.6. The van der Waals surface area contributed by atoms with E-state index in [1.807, 2.05) is 18.2 Å². The van der Waals surface area contributed by atoms with E-state index >= 15 is 0 Å². The van der Waals surface area contributed by atoms with Gasteiger partial charge in [0.15, 0.2) is 6.10 Å². The highest BCUT2D eigenvalue weighted by Gasteiger charge is 2.54. The first-order valence-corrected chi connectivity index (χ1v) is 27.4. The predicted octanol–water partition coefficient (Wildman–Crippen LogP) is 7.23. The van der Waals surface area contributed by atoms with E-state index in [9.17, 15) is 64.0 Å². The summed E-state index contributed by atoms with van der Waals surface area (Å²) < 4.78 is 49.2. The molecule has 0 saturated heterocycles. The minimum atomic E-state index is -5.40. The highest BCUT2D eigenvalue weighted by atomic mass is 31.2. The van der Waals surface area contributed by atoms with Gasteiger partial charge < -0.3 is 54.8 Å². The van der Waals surface area contributed by atoms with E-state index < -0.39 is 95.7 Å². The number of rotatable bonds is 40. The molecule has 0 heterocycles. The molecule has 10 atom stereocenters. The first-order chi connectivity index (χ1) is 31.9. The molecule has 0 aliphatic heterocycles. The van der Waals surface area contributed by atoms with E-state index in [1.54, 1.807) is 6.08 Å². The van der Waals surface area contributed by atoms with Crippen molar-refractivity contribution in [2.24, 2.45) is 0 Å². The van der Waals surface area contributed by atoms with Gasteiger partial charge in [-0.2, -0.15) is 0 Å². The van der Waals surface area contributed by atoms with Gasteiger partial charge in [0.25, 0.3) is 0 Å². The number of aliphatic hydroxyl groups is 6. The standard InChI is InChI=1S/C47H84O18P2/c1-3-5-7-9-11-13-15-17-18-19-21-23-25-27-29-33-40(50)61-35-37(36-62-67(59,60)65-47-44(54)42(52)43(53)46(45(47)55)64-66(56,57)58)63-41(51)34-30-32-39(49)38(48)31-28-26-24-22-20-16-14-12-10-8-6-4-2/h6,8,12,14,20,22,26,28,37-39,42-49,52-55H,3-5,7,9-11,13,15-19,21,23-25,27,29-36H2,1-2H3,(H,59,60)(H2,56,57,58)/b8-6-,14-12-,22-20-,28-26-/t37-,38-,39-,42?,43?,44?,45?,46-,47+/m1/s1. The number of hydrogen-bond donors (Lipinski definition) is 9. The van der Waals surface area contributed by atoms with Gasteiger partial charge >= 0.3 is 27.6 Å². The van der Waals surface area contributed by atoms with Crippen LogP contribution in [0, 0.1) is 0 Å². The molecule has 0 spiro atoms. The van der Waals surface area contributed by atoms with Crippen LogP contribution in [-0.4, -0.2) is 125 Å². The van der Waals surface area contributed by atoms with Gasteiger partial charge in [0, 0.05) is 12.8 Å². The number of carbonyl (C=O) groups excluding carboxylic acids is 2. The Morgan fingerprint density at radius 3 is 1.51 bits per heavy atom. The lowest BCUT2D eigenvalue weighted by atomic mass is 9.85. The van der Waals surface area contributed by atoms with Crippen molar-refractivity contribution in [1.29, 1.82) is 0 Å². The maximum absolute atomic E-state index is 13.0. The summed E-state index contributed by atoms with van der Waals surface area (Å²) in [5, 5.41) is 62.1. The van der Waals surface area contributed by atoms with E-state index in [4.69, 9.17) is 18.5 Å². The molecular weight excluding hydrogens is 914 g/mol. The van der Waals surface area contributed by atoms with Crippen molar-refractivity contribution in [2.75, 3.05) is 13.2 Å². The number of phosphoric acid groups is 2. The van der Waals surface area contributed by atoms with E-state index in [1.165, 1.54) is 64.2 Å². The van der Waals surface area contributed by atoms with E-state index in [0.29, 0.717) is 12.8 Å². The second kappa shape index (κ2) is 37.7. The van der Waals surface area contributed by atoms with Crippen LogP contribution in [0.5, 0.6) is 0 Å². The van der Waals surface area contributed by atoms with Gasteiger partial charge in [0.2, 0.25) is 0 Å². The van der Waals surface area contributed by atoms with Crippen molar-refractivity contribution in [3.05, 3.63) is 48.6 Å². The first-order valence-electron chi connectivity index (χ1n) is 24.3. The van der Waals surface area contributed by atoms with Crippen molar-refractivity contribution in [3.8, 4) is 0 Å². The van der Waals surface area contributed by atoms with Crippen LogP contribution in [0.15, 0.2) is 48.6 Å². The van der Waals surface area contributed by atoms with Crippen LogP contribution >= 0.6 is 15.6 Å². The molecule has 67 heavy (non-hydrogen) atoms. The van der Waals surface area contributed by atoms with E-state index in [-0.39, 0.29) is 32.1 Å². The van der Waals surface area contributed by atoms with Crippen molar-refractivity contribution in [2.45, 2.75) is 223 Å². The summed E-state index contributed by atoms with van der Waals surface area (Å²) in [4.78, 5) is 54.4. The smallest absolute Gasteiger partial charge is 0.462 e. The first kappa shape index (κ1) is 62.9. The number of carbonyl (C=O) groups is 2. The van der Waals surface area contributed by atoms with Gasteiger partial charge in [-0.1, -0.05) is 152 Å². The quantitative estimate of drug-likeness (QED) is 0.0127. The minimum absolute atomic E-state index is 0.0260. The number of allylic oxidation sites excluding steroid dienone is 7. The molecule has 0 aromatic carbocycles. The minimum Gasteiger partial charge on any atom is -0.462 e. The third-order valence-electron chi connectivity index (χ3n) is 11.1. The normalized spacial score (nSPS) is 22.7. The molecule has 1 fully saturated rings. The van der Waals surface area contributed by atoms with Crippen LogP contribution in [0.1, 0.15) is 168 Å². The molecule has 20 heteroatoms. The number of hydrogen-bond acceptors (Lipinski definition) is 15. The Hall–Kier alpha value is -2.12. The third kappa shape index (κ3) is 31.7. The van der Waals surface area contributed by atoms with Gasteiger partial charge in [0.1, 0.15) is 43.2 Å². The fourth-order valence-corrected chi connectivity index (χ4v) is 8.77. The Bertz CT molecular complexity index is 1520. The molecule has 0 bridgehead atoms. The average Bonchev–Trinajstić information content (AvgIpc) is 3.28. The molecule has 1 saturated carbocycles. The summed E-state index contributed by atoms with van der Waals surface area (Å²) in [5.74, 6) is -1.49. The number of ether oxygens (including phenoxy) is 2. The summed E-state index contributed by atoms with van der Waals surface area (Å²) in [6.45, 7) is 2.76. The lowest BCUT2D eigenvalue weighted by molar-refractivity contribution is -0.216. The molecule has 0 amide bonds. The number of unbranched alkanes of at least 4 members (excludes halogenated alkanes) is 14. The second-order valence-corrected chi connectivity index (χ2v) is 19.7. The average molecular weight is 999 g/mol. The highest BCUT2D eigenvalue weighted by molar-refractivity contribution is 7.47. The van der Waals surface area contributed by atoms with Crippen LogP contribution in [-0.2, 0) is 41.8 Å². The van der Waals surface area contributed by atoms with Gasteiger partial charge in [-0.15, -0.1) is 0 Å². The van der Waals surface area contributed by atoms with Crippen LogP contribution in [0.4, 0.5) is 0 Å². The maximum atomic E-state index is 13.0. The van der Waals surface area contributed by atoms with Crippen molar-refractivity contribution in [3.63, 3.8) is 0 Å². The lowest BCUT2D eigenvalue weighted by Crippen LogP contribution is -2.64. The topological polar surface area (TPSA) is 296 Å². The van der Waals surface area contributed by atoms with Crippen LogP contribution < -0.4 is 0 Å². The molecular formula is C47H84O18P2. The summed E-state index contributed by atoms with van der Waals surface area (Å²) >= 11 is 0. The molecule has 0 aromatic heterocycles. The maximum Gasteiger partial charge on any atom is 0.472 e. The number of phosphoric ester groups is 2. The van der Waals surface area contributed by atoms with Crippen LogP contribution in [0.2, 0.25) is 0 Å². The molecule has 0 radical (unpaired) electrons. The molecule has 1 aliphatic rings. The zero-order valence-electron chi connectivity index (χ0n) is 39.8. The summed E-state index contributed by atoms with van der Waals surface area (Å²) in [7, 11) is -10.8. The molecule has 1 rings (SSSR count). The van der Waals surface area contributed by atoms with E-state index in [2.05, 4.69) is 42.7 Å². The Kier molecular flexibility index (Phi) is 35.4. The van der Waals surface area contributed by atoms with Gasteiger partial charge in [-0.3, -0.25) is 23.2 Å². The number of esters is 2. The monoisotopic (exact) mass is 999 g/mol. The molecule has 390 valence electrons. The van der Waals surface area contributed by atoms with Gasteiger partial charge in [-0.25, -0.2) is 9.13 Å². The Morgan fingerprint density at radius 1 is 0.537 bits per heavy atom. The largest absolute Gasteiger partial charge is 0.472 e. The Balaban J connectivity index is 2.69. The highest BCUT2D eigenvalue weighted by Crippen LogP contribution is 2.49. The Labute approximate surface area is 398 Å². The van der Waals surface area contributed by atoms with E-state index in [0.717, 1.165) is 44.9 Å². The lowest BCUT2D eigenvalue weighted by Gasteiger charge is -2.43. The Morgan fingerprint density at radius 2 is 1.00 bits per heavy atom. The van der Waals surface area contributed by atoms with Crippen LogP contribution in [0.25, 0.3) is 0 Å². The zero-order valence-corrected chi connectivity index (χ0v) is 41.6. The molecule has 1 aliphatic carbocycles. The zero-order chi connectivity index (χ0) is 49.9. The summed E-state index contributed by atoms with van der Waals surface area (Å²) in [6.07, 6.45) is 19.3.